The molecule has 1 aliphatic carbocycles. The molecule has 17 heavy (non-hydrogen) atoms. The highest BCUT2D eigenvalue weighted by atomic mass is 16.4. The lowest BCUT2D eigenvalue weighted by Gasteiger charge is -2.38. The monoisotopic (exact) mass is 241 g/mol. The molecule has 0 heterocycles. The number of hydrogen-bond donors (Lipinski definition) is 2. The summed E-state index contributed by atoms with van der Waals surface area (Å²) in [4.78, 5) is 11.5. The van der Waals surface area contributed by atoms with Crippen LogP contribution in [0.25, 0.3) is 0 Å². The summed E-state index contributed by atoms with van der Waals surface area (Å²) in [5.74, 6) is 0.584. The van der Waals surface area contributed by atoms with E-state index in [-0.39, 0.29) is 0 Å². The van der Waals surface area contributed by atoms with Gasteiger partial charge in [-0.15, -0.1) is 0 Å². The van der Waals surface area contributed by atoms with Crippen molar-refractivity contribution in [1.29, 1.82) is 0 Å². The molecule has 0 unspecified atom stereocenters. The van der Waals surface area contributed by atoms with E-state index >= 15 is 0 Å². The molecule has 1 fully saturated rings. The molecule has 0 radical (unpaired) electrons. The Balaban J connectivity index is 2.54. The van der Waals surface area contributed by atoms with Gasteiger partial charge in [0.15, 0.2) is 0 Å². The van der Waals surface area contributed by atoms with Gasteiger partial charge < -0.3 is 10.4 Å². The molecular weight excluding hydrogens is 214 g/mol. The van der Waals surface area contributed by atoms with Crippen LogP contribution in [-0.2, 0) is 4.79 Å². The molecule has 1 saturated carbocycles. The van der Waals surface area contributed by atoms with Crippen molar-refractivity contribution in [2.45, 2.75) is 64.8 Å². The van der Waals surface area contributed by atoms with E-state index in [2.05, 4.69) is 26.1 Å². The first-order valence-electron chi connectivity index (χ1n) is 6.98. The molecule has 2 N–H and O–H groups in total. The molecule has 0 bridgehead atoms. The fraction of sp³-hybridized carbons (Fsp3) is 0.929. The van der Waals surface area contributed by atoms with E-state index in [9.17, 15) is 9.90 Å². The molecular formula is C14H27NO2. The minimum absolute atomic E-state index is 0.500. The Kier molecular flexibility index (Phi) is 5.44. The quantitative estimate of drug-likeness (QED) is 0.751. The van der Waals surface area contributed by atoms with Crippen LogP contribution in [0.15, 0.2) is 0 Å². The molecule has 0 aliphatic heterocycles. The van der Waals surface area contributed by atoms with E-state index in [1.165, 1.54) is 12.8 Å². The van der Waals surface area contributed by atoms with E-state index in [1.54, 1.807) is 0 Å². The highest BCUT2D eigenvalue weighted by Crippen LogP contribution is 2.34. The van der Waals surface area contributed by atoms with E-state index in [0.717, 1.165) is 38.1 Å². The van der Waals surface area contributed by atoms with Gasteiger partial charge in [-0.25, -0.2) is 0 Å². The van der Waals surface area contributed by atoms with Crippen LogP contribution in [0.4, 0.5) is 0 Å². The molecule has 0 aromatic rings. The number of carboxylic acid groups (broad SMARTS) is 1. The maximum Gasteiger partial charge on any atom is 0.323 e. The summed E-state index contributed by atoms with van der Waals surface area (Å²) in [5, 5.41) is 12.8. The fourth-order valence-electron chi connectivity index (χ4n) is 2.73. The summed E-state index contributed by atoms with van der Waals surface area (Å²) in [6, 6.07) is 0. The summed E-state index contributed by atoms with van der Waals surface area (Å²) in [5.41, 5.74) is -0.644. The Hall–Kier alpha value is -0.570. The molecule has 3 nitrogen and oxygen atoms in total. The molecule has 0 amide bonds. The topological polar surface area (TPSA) is 49.3 Å². The van der Waals surface area contributed by atoms with Gasteiger partial charge in [-0.2, -0.15) is 0 Å². The van der Waals surface area contributed by atoms with Crippen molar-refractivity contribution in [2.24, 2.45) is 11.8 Å². The minimum atomic E-state index is -0.659. The molecule has 0 aromatic carbocycles. The minimum Gasteiger partial charge on any atom is -0.480 e. The van der Waals surface area contributed by atoms with Crippen molar-refractivity contribution in [3.8, 4) is 0 Å². The van der Waals surface area contributed by atoms with Crippen LogP contribution in [0, 0.1) is 11.8 Å². The molecule has 100 valence electrons. The van der Waals surface area contributed by atoms with Crippen LogP contribution in [0.5, 0.6) is 0 Å². The van der Waals surface area contributed by atoms with Gasteiger partial charge >= 0.3 is 5.97 Å². The van der Waals surface area contributed by atoms with Crippen LogP contribution in [0.2, 0.25) is 0 Å². The molecule has 0 atom stereocenters. The first-order valence-corrected chi connectivity index (χ1v) is 6.98. The molecule has 1 rings (SSSR count). The van der Waals surface area contributed by atoms with E-state index < -0.39 is 11.5 Å². The Morgan fingerprint density at radius 1 is 1.41 bits per heavy atom. The number of carboxylic acids is 1. The van der Waals surface area contributed by atoms with Gasteiger partial charge in [0.25, 0.3) is 0 Å². The summed E-state index contributed by atoms with van der Waals surface area (Å²) in [7, 11) is 0. The van der Waals surface area contributed by atoms with E-state index in [1.807, 2.05) is 0 Å². The van der Waals surface area contributed by atoms with Gasteiger partial charge in [0.2, 0.25) is 0 Å². The van der Waals surface area contributed by atoms with Gasteiger partial charge in [-0.05, 0) is 44.1 Å². The number of carbonyl (C=O) groups is 1. The summed E-state index contributed by atoms with van der Waals surface area (Å²) in [6.07, 6.45) is 6.17. The van der Waals surface area contributed by atoms with Crippen molar-refractivity contribution in [1.82, 2.24) is 5.32 Å². The second kappa shape index (κ2) is 6.39. The van der Waals surface area contributed by atoms with Crippen molar-refractivity contribution >= 4 is 5.97 Å². The van der Waals surface area contributed by atoms with Crippen LogP contribution in [0.1, 0.15) is 59.3 Å². The predicted octanol–water partition coefficient (Wildman–Crippen LogP) is 3.05. The third-order valence-corrected chi connectivity index (χ3v) is 3.91. The molecule has 0 spiro atoms. The van der Waals surface area contributed by atoms with Crippen molar-refractivity contribution in [3.63, 3.8) is 0 Å². The lowest BCUT2D eigenvalue weighted by Crippen LogP contribution is -2.55. The fourth-order valence-corrected chi connectivity index (χ4v) is 2.73. The largest absolute Gasteiger partial charge is 0.480 e. The highest BCUT2D eigenvalue weighted by molar-refractivity contribution is 5.78. The standard InChI is InChI=1S/C14H27NO2/c1-4-5-12-6-8-14(9-7-12,13(16)17)15-10-11(2)3/h11-12,15H,4-10H2,1-3H3,(H,16,17). The average molecular weight is 241 g/mol. The number of hydrogen-bond acceptors (Lipinski definition) is 2. The van der Waals surface area contributed by atoms with E-state index in [0.29, 0.717) is 5.92 Å². The van der Waals surface area contributed by atoms with Crippen LogP contribution >= 0.6 is 0 Å². The SMILES string of the molecule is CCCC1CCC(NCC(C)C)(C(=O)O)CC1. The number of rotatable bonds is 6. The Bertz CT molecular complexity index is 243. The summed E-state index contributed by atoms with van der Waals surface area (Å²) < 4.78 is 0. The lowest BCUT2D eigenvalue weighted by atomic mass is 9.75. The third-order valence-electron chi connectivity index (χ3n) is 3.91. The smallest absolute Gasteiger partial charge is 0.323 e. The van der Waals surface area contributed by atoms with Crippen molar-refractivity contribution in [3.05, 3.63) is 0 Å². The normalized spacial score (nSPS) is 29.5. The van der Waals surface area contributed by atoms with Gasteiger partial charge in [0.1, 0.15) is 5.54 Å². The third kappa shape index (κ3) is 3.98. The molecule has 3 heteroatoms. The second-order valence-corrected chi connectivity index (χ2v) is 5.89. The van der Waals surface area contributed by atoms with Crippen LogP contribution in [0.3, 0.4) is 0 Å². The molecule has 0 saturated heterocycles. The maximum atomic E-state index is 11.5. The Morgan fingerprint density at radius 2 is 2.00 bits per heavy atom. The Labute approximate surface area is 105 Å². The average Bonchev–Trinajstić information content (AvgIpc) is 2.28. The van der Waals surface area contributed by atoms with Gasteiger partial charge in [-0.3, -0.25) is 4.79 Å². The number of nitrogens with one attached hydrogen (secondary N) is 1. The predicted molar refractivity (Wildman–Crippen MR) is 70.1 cm³/mol. The van der Waals surface area contributed by atoms with Crippen LogP contribution < -0.4 is 5.32 Å². The first kappa shape index (κ1) is 14.5. The zero-order valence-electron chi connectivity index (χ0n) is 11.5. The van der Waals surface area contributed by atoms with E-state index in [4.69, 9.17) is 0 Å². The zero-order valence-corrected chi connectivity index (χ0v) is 11.5. The molecule has 0 aromatic heterocycles. The van der Waals surface area contributed by atoms with Crippen LogP contribution in [-0.4, -0.2) is 23.2 Å². The lowest BCUT2D eigenvalue weighted by molar-refractivity contribution is -0.147. The van der Waals surface area contributed by atoms with Gasteiger partial charge in [0, 0.05) is 0 Å². The van der Waals surface area contributed by atoms with Gasteiger partial charge in [-0.1, -0.05) is 33.6 Å². The first-order chi connectivity index (χ1) is 8.00. The van der Waals surface area contributed by atoms with Crippen molar-refractivity contribution in [2.75, 3.05) is 6.54 Å². The zero-order chi connectivity index (χ0) is 12.9. The Morgan fingerprint density at radius 3 is 2.41 bits per heavy atom. The maximum absolute atomic E-state index is 11.5. The summed E-state index contributed by atoms with van der Waals surface area (Å²) in [6.45, 7) is 7.23. The highest BCUT2D eigenvalue weighted by Gasteiger charge is 2.41. The second-order valence-electron chi connectivity index (χ2n) is 5.89. The van der Waals surface area contributed by atoms with Crippen molar-refractivity contribution < 1.29 is 9.90 Å². The molecule has 1 aliphatic rings. The number of aliphatic carboxylic acids is 1. The summed E-state index contributed by atoms with van der Waals surface area (Å²) >= 11 is 0. The van der Waals surface area contributed by atoms with Gasteiger partial charge in [0.05, 0.1) is 0 Å².